The van der Waals surface area contributed by atoms with E-state index in [1.54, 1.807) is 0 Å². The molecule has 2 nitrogen and oxygen atoms in total. The topological polar surface area (TPSA) is 6.25 Å². The lowest BCUT2D eigenvalue weighted by molar-refractivity contribution is -0.419. The monoisotopic (exact) mass is 187 g/mol. The van der Waals surface area contributed by atoms with Gasteiger partial charge in [0.2, 0.25) is 0 Å². The van der Waals surface area contributed by atoms with Crippen LogP contribution in [0.4, 0.5) is 0 Å². The van der Waals surface area contributed by atoms with Crippen LogP contribution >= 0.6 is 0 Å². The van der Waals surface area contributed by atoms with Gasteiger partial charge in [0.1, 0.15) is 13.3 Å². The zero-order valence-electron chi connectivity index (χ0n) is 8.64. The molecule has 0 aliphatic carbocycles. The first kappa shape index (κ1) is 9.00. The van der Waals surface area contributed by atoms with Crippen molar-refractivity contribution in [3.8, 4) is 0 Å². The summed E-state index contributed by atoms with van der Waals surface area (Å²) in [7, 11) is 4.09. The molecule has 0 aromatic heterocycles. The molecular weight excluding hydrogens is 172 g/mol. The van der Waals surface area contributed by atoms with Gasteiger partial charge in [-0.05, 0) is 23.3 Å². The molecule has 0 aromatic carbocycles. The van der Waals surface area contributed by atoms with Crippen molar-refractivity contribution in [1.29, 1.82) is 0 Å². The fraction of sp³-hybridized carbons (Fsp3) is 0.250. The molecule has 0 unspecified atom stereocenters. The molecule has 72 valence electrons. The lowest BCUT2D eigenvalue weighted by Crippen LogP contribution is -2.07. The summed E-state index contributed by atoms with van der Waals surface area (Å²) >= 11 is 0. The minimum absolute atomic E-state index is 1.01. The van der Waals surface area contributed by atoms with E-state index in [0.717, 1.165) is 6.42 Å². The molecule has 2 heterocycles. The van der Waals surface area contributed by atoms with Crippen LogP contribution in [-0.2, 0) is 0 Å². The predicted molar refractivity (Wildman–Crippen MR) is 59.1 cm³/mol. The molecule has 0 N–H and O–H groups in total. The number of hydrogen-bond donors (Lipinski definition) is 0. The molecule has 0 atom stereocenters. The normalized spacial score (nSPS) is 20.4. The fourth-order valence-corrected chi connectivity index (χ4v) is 1.51. The summed E-state index contributed by atoms with van der Waals surface area (Å²) in [5, 5.41) is 0. The molecule has 2 aliphatic rings. The SMILES string of the molecule is CN1C=CC(=C2C=C[N+](C)=CC2)C=C1. The highest BCUT2D eigenvalue weighted by molar-refractivity contribution is 5.62. The summed E-state index contributed by atoms with van der Waals surface area (Å²) in [5.74, 6) is 0. The third kappa shape index (κ3) is 1.84. The van der Waals surface area contributed by atoms with Crippen LogP contribution in [0, 0.1) is 0 Å². The van der Waals surface area contributed by atoms with E-state index in [1.165, 1.54) is 11.1 Å². The van der Waals surface area contributed by atoms with Crippen molar-refractivity contribution in [2.75, 3.05) is 14.1 Å². The second kappa shape index (κ2) is 3.66. The summed E-state index contributed by atoms with van der Waals surface area (Å²) in [6.45, 7) is 0. The smallest absolute Gasteiger partial charge is 0.168 e. The average Bonchev–Trinajstić information content (AvgIpc) is 2.21. The minimum Gasteiger partial charge on any atom is -0.357 e. The van der Waals surface area contributed by atoms with Gasteiger partial charge in [0.15, 0.2) is 6.20 Å². The summed E-state index contributed by atoms with van der Waals surface area (Å²) < 4.78 is 2.09. The Morgan fingerprint density at radius 2 is 1.93 bits per heavy atom. The molecule has 2 heteroatoms. The van der Waals surface area contributed by atoms with Crippen LogP contribution < -0.4 is 0 Å². The van der Waals surface area contributed by atoms with Crippen molar-refractivity contribution in [2.24, 2.45) is 0 Å². The Hall–Kier alpha value is -1.57. The largest absolute Gasteiger partial charge is 0.357 e. The highest BCUT2D eigenvalue weighted by Gasteiger charge is 2.07. The van der Waals surface area contributed by atoms with Gasteiger partial charge in [0.25, 0.3) is 0 Å². The van der Waals surface area contributed by atoms with Crippen LogP contribution in [0.1, 0.15) is 6.42 Å². The molecule has 0 saturated heterocycles. The highest BCUT2D eigenvalue weighted by Crippen LogP contribution is 2.17. The lowest BCUT2D eigenvalue weighted by Gasteiger charge is -2.14. The molecule has 0 aromatic rings. The van der Waals surface area contributed by atoms with Gasteiger partial charge < -0.3 is 4.90 Å². The maximum Gasteiger partial charge on any atom is 0.168 e. The van der Waals surface area contributed by atoms with Gasteiger partial charge in [-0.3, -0.25) is 0 Å². The Bertz CT molecular complexity index is 365. The minimum atomic E-state index is 1.01. The van der Waals surface area contributed by atoms with Crippen LogP contribution in [0.25, 0.3) is 0 Å². The zero-order valence-corrected chi connectivity index (χ0v) is 8.64. The molecule has 0 amide bonds. The van der Waals surface area contributed by atoms with Crippen LogP contribution in [0.2, 0.25) is 0 Å². The standard InChI is InChI=1S/C12H15N2/c1-13-7-3-11(4-8-13)12-5-9-14(2)10-6-12/h3-5,7-10H,6H2,1-2H3/q+1. The average molecular weight is 187 g/mol. The van der Waals surface area contributed by atoms with Crippen LogP contribution in [-0.4, -0.2) is 29.8 Å². The van der Waals surface area contributed by atoms with Crippen LogP contribution in [0.15, 0.2) is 48.0 Å². The van der Waals surface area contributed by atoms with E-state index in [2.05, 4.69) is 54.7 Å². The summed E-state index contributed by atoms with van der Waals surface area (Å²) in [6, 6.07) is 0. The molecule has 0 spiro atoms. The van der Waals surface area contributed by atoms with E-state index < -0.39 is 0 Å². The Balaban J connectivity index is 2.23. The number of hydrogen-bond acceptors (Lipinski definition) is 1. The second-order valence-electron chi connectivity index (χ2n) is 3.65. The van der Waals surface area contributed by atoms with Gasteiger partial charge in [-0.25, -0.2) is 4.58 Å². The molecule has 2 rings (SSSR count). The Morgan fingerprint density at radius 1 is 1.21 bits per heavy atom. The van der Waals surface area contributed by atoms with Crippen molar-refractivity contribution in [3.05, 3.63) is 48.0 Å². The fourth-order valence-electron chi connectivity index (χ4n) is 1.51. The number of rotatable bonds is 0. The lowest BCUT2D eigenvalue weighted by atomic mass is 10.0. The van der Waals surface area contributed by atoms with Gasteiger partial charge in [-0.2, -0.15) is 0 Å². The highest BCUT2D eigenvalue weighted by atomic mass is 15.0. The molecule has 0 saturated carbocycles. The van der Waals surface area contributed by atoms with Crippen molar-refractivity contribution in [3.63, 3.8) is 0 Å². The summed E-state index contributed by atoms with van der Waals surface area (Å²) in [6.07, 6.45) is 15.9. The van der Waals surface area contributed by atoms with Crippen molar-refractivity contribution < 1.29 is 4.58 Å². The Kier molecular flexibility index (Phi) is 2.35. The van der Waals surface area contributed by atoms with Crippen molar-refractivity contribution in [2.45, 2.75) is 6.42 Å². The summed E-state index contributed by atoms with van der Waals surface area (Å²) in [5.41, 5.74) is 2.69. The van der Waals surface area contributed by atoms with Gasteiger partial charge in [0.05, 0.1) is 6.42 Å². The maximum absolute atomic E-state index is 2.18. The predicted octanol–water partition coefficient (Wildman–Crippen LogP) is 1.89. The molecule has 0 fully saturated rings. The van der Waals surface area contributed by atoms with Crippen molar-refractivity contribution in [1.82, 2.24) is 4.90 Å². The maximum atomic E-state index is 2.18. The number of allylic oxidation sites excluding steroid dienone is 5. The van der Waals surface area contributed by atoms with Crippen LogP contribution in [0.3, 0.4) is 0 Å². The van der Waals surface area contributed by atoms with Crippen molar-refractivity contribution >= 4 is 6.21 Å². The van der Waals surface area contributed by atoms with E-state index in [9.17, 15) is 0 Å². The third-order valence-corrected chi connectivity index (χ3v) is 2.46. The first-order valence-corrected chi connectivity index (χ1v) is 4.81. The van der Waals surface area contributed by atoms with Gasteiger partial charge >= 0.3 is 0 Å². The van der Waals surface area contributed by atoms with E-state index in [1.807, 2.05) is 11.9 Å². The van der Waals surface area contributed by atoms with E-state index in [0.29, 0.717) is 0 Å². The Morgan fingerprint density at radius 3 is 2.50 bits per heavy atom. The van der Waals surface area contributed by atoms with Gasteiger partial charge in [-0.1, -0.05) is 0 Å². The van der Waals surface area contributed by atoms with Gasteiger partial charge in [-0.15, -0.1) is 0 Å². The first-order chi connectivity index (χ1) is 6.75. The number of nitrogens with zero attached hydrogens (tertiary/aromatic N) is 2. The Labute approximate surface area is 84.8 Å². The van der Waals surface area contributed by atoms with Gasteiger partial charge in [0, 0.05) is 25.5 Å². The molecule has 0 bridgehead atoms. The summed E-state index contributed by atoms with van der Waals surface area (Å²) in [4.78, 5) is 2.05. The quantitative estimate of drug-likeness (QED) is 0.525. The third-order valence-electron chi connectivity index (χ3n) is 2.46. The van der Waals surface area contributed by atoms with E-state index >= 15 is 0 Å². The molecule has 0 radical (unpaired) electrons. The molecule has 14 heavy (non-hydrogen) atoms. The first-order valence-electron chi connectivity index (χ1n) is 4.81. The zero-order chi connectivity index (χ0) is 9.97. The molecular formula is C12H15N2+. The molecule has 2 aliphatic heterocycles. The van der Waals surface area contributed by atoms with E-state index in [4.69, 9.17) is 0 Å². The second-order valence-corrected chi connectivity index (χ2v) is 3.65. The van der Waals surface area contributed by atoms with Crippen LogP contribution in [0.5, 0.6) is 0 Å². The van der Waals surface area contributed by atoms with E-state index in [-0.39, 0.29) is 0 Å².